The molecule has 0 bridgehead atoms. The van der Waals surface area contributed by atoms with Gasteiger partial charge < -0.3 is 9.30 Å². The Labute approximate surface area is 167 Å². The number of aryl methyl sites for hydroxylation is 1. The van der Waals surface area contributed by atoms with E-state index in [-0.39, 0.29) is 6.10 Å². The van der Waals surface area contributed by atoms with E-state index in [2.05, 4.69) is 58.2 Å². The number of ether oxygens (including phenoxy) is 1. The molecule has 3 aromatic rings. The normalized spacial score (nSPS) is 12.2. The Hall–Kier alpha value is -1.79. The van der Waals surface area contributed by atoms with Gasteiger partial charge in [-0.05, 0) is 55.7 Å². The average molecular weight is 432 g/mol. The Balaban J connectivity index is 1.70. The van der Waals surface area contributed by atoms with Gasteiger partial charge in [-0.1, -0.05) is 52.0 Å². The maximum Gasteiger partial charge on any atom is 0.191 e. The lowest BCUT2D eigenvalue weighted by atomic mass is 10.1. The highest BCUT2D eigenvalue weighted by atomic mass is 79.9. The zero-order valence-electron chi connectivity index (χ0n) is 15.4. The minimum atomic E-state index is -0.173. The number of aromatic nitrogens is 3. The highest BCUT2D eigenvalue weighted by molar-refractivity contribution is 9.10. The Morgan fingerprint density at radius 1 is 1.15 bits per heavy atom. The zero-order chi connectivity index (χ0) is 18.7. The monoisotopic (exact) mass is 431 g/mol. The van der Waals surface area contributed by atoms with Crippen LogP contribution in [-0.2, 0) is 12.8 Å². The van der Waals surface area contributed by atoms with E-state index in [1.807, 2.05) is 42.8 Å². The highest BCUT2D eigenvalue weighted by Gasteiger charge is 2.18. The smallest absolute Gasteiger partial charge is 0.191 e. The molecule has 4 nitrogen and oxygen atoms in total. The molecule has 0 saturated carbocycles. The second-order valence-corrected chi connectivity index (χ2v) is 8.13. The molecule has 1 atom stereocenters. The van der Waals surface area contributed by atoms with Crippen LogP contribution in [0, 0.1) is 13.8 Å². The fraction of sp³-hybridized carbons (Fsp3) is 0.300. The van der Waals surface area contributed by atoms with Crippen LogP contribution < -0.4 is 4.74 Å². The molecule has 0 radical (unpaired) electrons. The molecule has 136 valence electrons. The Kier molecular flexibility index (Phi) is 6.04. The van der Waals surface area contributed by atoms with Crippen LogP contribution in [0.3, 0.4) is 0 Å². The topological polar surface area (TPSA) is 39.9 Å². The fourth-order valence-corrected chi connectivity index (χ4v) is 3.98. The van der Waals surface area contributed by atoms with Crippen molar-refractivity contribution in [2.75, 3.05) is 0 Å². The summed E-state index contributed by atoms with van der Waals surface area (Å²) in [4.78, 5) is 0. The summed E-state index contributed by atoms with van der Waals surface area (Å²) in [6, 6.07) is 14.4. The second kappa shape index (κ2) is 8.27. The SMILES string of the molecule is Cc1cccc(OC(C)c2nnc(SCc3cccc(Br)c3)n2C)c1C. The van der Waals surface area contributed by atoms with Gasteiger partial charge >= 0.3 is 0 Å². The van der Waals surface area contributed by atoms with Gasteiger partial charge in [-0.2, -0.15) is 0 Å². The van der Waals surface area contributed by atoms with Crippen molar-refractivity contribution in [1.29, 1.82) is 0 Å². The maximum absolute atomic E-state index is 6.15. The van der Waals surface area contributed by atoms with E-state index >= 15 is 0 Å². The number of thioether (sulfide) groups is 1. The molecule has 0 spiro atoms. The van der Waals surface area contributed by atoms with Crippen molar-refractivity contribution in [3.63, 3.8) is 0 Å². The lowest BCUT2D eigenvalue weighted by Gasteiger charge is -2.17. The summed E-state index contributed by atoms with van der Waals surface area (Å²) >= 11 is 5.18. The van der Waals surface area contributed by atoms with Gasteiger partial charge in [0.15, 0.2) is 17.1 Å². The number of nitrogens with zero attached hydrogens (tertiary/aromatic N) is 3. The van der Waals surface area contributed by atoms with Crippen LogP contribution in [0.2, 0.25) is 0 Å². The van der Waals surface area contributed by atoms with Crippen LogP contribution in [0.15, 0.2) is 52.1 Å². The van der Waals surface area contributed by atoms with E-state index in [4.69, 9.17) is 4.74 Å². The highest BCUT2D eigenvalue weighted by Crippen LogP contribution is 2.28. The molecule has 0 aliphatic rings. The van der Waals surface area contributed by atoms with Gasteiger partial charge in [0.2, 0.25) is 0 Å². The van der Waals surface area contributed by atoms with Crippen molar-refractivity contribution in [2.45, 2.75) is 37.8 Å². The van der Waals surface area contributed by atoms with Crippen LogP contribution in [0.25, 0.3) is 0 Å². The third kappa shape index (κ3) is 4.30. The molecule has 0 amide bonds. The Morgan fingerprint density at radius 2 is 1.92 bits per heavy atom. The molecule has 0 aliphatic heterocycles. The number of rotatable bonds is 6. The predicted molar refractivity (Wildman–Crippen MR) is 110 cm³/mol. The third-order valence-electron chi connectivity index (χ3n) is 4.35. The summed E-state index contributed by atoms with van der Waals surface area (Å²) < 4.78 is 9.25. The van der Waals surface area contributed by atoms with Crippen LogP contribution in [-0.4, -0.2) is 14.8 Å². The van der Waals surface area contributed by atoms with E-state index in [9.17, 15) is 0 Å². The molecule has 0 fully saturated rings. The molecule has 1 heterocycles. The average Bonchev–Trinajstić information content (AvgIpc) is 2.98. The summed E-state index contributed by atoms with van der Waals surface area (Å²) in [6.07, 6.45) is -0.173. The van der Waals surface area contributed by atoms with Crippen LogP contribution in [0.4, 0.5) is 0 Å². The van der Waals surface area contributed by atoms with Crippen molar-refractivity contribution in [3.8, 4) is 5.75 Å². The van der Waals surface area contributed by atoms with Gasteiger partial charge in [0.1, 0.15) is 5.75 Å². The Morgan fingerprint density at radius 3 is 2.69 bits per heavy atom. The van der Waals surface area contributed by atoms with E-state index in [0.717, 1.165) is 32.5 Å². The van der Waals surface area contributed by atoms with Crippen molar-refractivity contribution in [1.82, 2.24) is 14.8 Å². The molecule has 1 aromatic heterocycles. The summed E-state index contributed by atoms with van der Waals surface area (Å²) in [6.45, 7) is 6.17. The van der Waals surface area contributed by atoms with Crippen molar-refractivity contribution < 1.29 is 4.74 Å². The lowest BCUT2D eigenvalue weighted by molar-refractivity contribution is 0.210. The minimum Gasteiger partial charge on any atom is -0.482 e. The van der Waals surface area contributed by atoms with Crippen LogP contribution >= 0.6 is 27.7 Å². The molecule has 3 rings (SSSR count). The van der Waals surface area contributed by atoms with Gasteiger partial charge in [0, 0.05) is 17.3 Å². The molecule has 0 aliphatic carbocycles. The first kappa shape index (κ1) is 19.0. The fourth-order valence-electron chi connectivity index (χ4n) is 2.68. The van der Waals surface area contributed by atoms with Gasteiger partial charge in [0.25, 0.3) is 0 Å². The second-order valence-electron chi connectivity index (χ2n) is 6.28. The van der Waals surface area contributed by atoms with Gasteiger partial charge in [-0.15, -0.1) is 10.2 Å². The largest absolute Gasteiger partial charge is 0.482 e. The molecule has 0 saturated heterocycles. The summed E-state index contributed by atoms with van der Waals surface area (Å²) in [5.74, 6) is 2.56. The maximum atomic E-state index is 6.15. The van der Waals surface area contributed by atoms with Crippen LogP contribution in [0.1, 0.15) is 35.5 Å². The van der Waals surface area contributed by atoms with Gasteiger partial charge in [-0.3, -0.25) is 0 Å². The number of hydrogen-bond acceptors (Lipinski definition) is 4. The van der Waals surface area contributed by atoms with Crippen molar-refractivity contribution >= 4 is 27.7 Å². The third-order valence-corrected chi connectivity index (χ3v) is 5.93. The molecular weight excluding hydrogens is 410 g/mol. The molecule has 1 unspecified atom stereocenters. The summed E-state index contributed by atoms with van der Waals surface area (Å²) in [7, 11) is 1.99. The standard InChI is InChI=1S/C20H22BrN3OS/c1-13-7-5-10-18(14(13)2)25-15(3)19-22-23-20(24(19)4)26-12-16-8-6-9-17(21)11-16/h5-11,15H,12H2,1-4H3. The first-order valence-electron chi connectivity index (χ1n) is 8.45. The van der Waals surface area contributed by atoms with E-state index < -0.39 is 0 Å². The molecule has 2 aromatic carbocycles. The van der Waals surface area contributed by atoms with Crippen molar-refractivity contribution in [3.05, 3.63) is 69.5 Å². The van der Waals surface area contributed by atoms with Crippen molar-refractivity contribution in [2.24, 2.45) is 7.05 Å². The quantitative estimate of drug-likeness (QED) is 0.474. The first-order chi connectivity index (χ1) is 12.5. The molecule has 6 heteroatoms. The lowest BCUT2D eigenvalue weighted by Crippen LogP contribution is -2.10. The number of hydrogen-bond donors (Lipinski definition) is 0. The van der Waals surface area contributed by atoms with Crippen LogP contribution in [0.5, 0.6) is 5.75 Å². The first-order valence-corrected chi connectivity index (χ1v) is 10.2. The minimum absolute atomic E-state index is 0.173. The summed E-state index contributed by atoms with van der Waals surface area (Å²) in [5, 5.41) is 9.58. The van der Waals surface area contributed by atoms with E-state index in [1.165, 1.54) is 11.1 Å². The zero-order valence-corrected chi connectivity index (χ0v) is 17.8. The van der Waals surface area contributed by atoms with Gasteiger partial charge in [0.05, 0.1) is 0 Å². The summed E-state index contributed by atoms with van der Waals surface area (Å²) in [5.41, 5.74) is 3.62. The number of halogens is 1. The number of benzene rings is 2. The van der Waals surface area contributed by atoms with E-state index in [0.29, 0.717) is 0 Å². The molecule has 26 heavy (non-hydrogen) atoms. The predicted octanol–water partition coefficient (Wildman–Crippen LogP) is 5.63. The van der Waals surface area contributed by atoms with Gasteiger partial charge in [-0.25, -0.2) is 0 Å². The Bertz CT molecular complexity index is 910. The molecular formula is C20H22BrN3OS. The van der Waals surface area contributed by atoms with E-state index in [1.54, 1.807) is 11.8 Å². The molecule has 0 N–H and O–H groups in total.